The molecule has 0 bridgehead atoms. The Labute approximate surface area is 148 Å². The quantitative estimate of drug-likeness (QED) is 0.643. The number of para-hydroxylation sites is 1. The molecule has 0 spiro atoms. The lowest BCUT2D eigenvalue weighted by atomic mass is 10.3. The molecule has 3 nitrogen and oxygen atoms in total. The van der Waals surface area contributed by atoms with Crippen molar-refractivity contribution in [1.29, 1.82) is 0 Å². The first kappa shape index (κ1) is 16.3. The Kier molecular flexibility index (Phi) is 5.54. The summed E-state index contributed by atoms with van der Waals surface area (Å²) in [7, 11) is 0. The van der Waals surface area contributed by atoms with Gasteiger partial charge in [-0.3, -0.25) is 4.79 Å². The van der Waals surface area contributed by atoms with Crippen LogP contribution in [0.3, 0.4) is 0 Å². The molecule has 0 unspecified atom stereocenters. The Bertz CT molecular complexity index is 769. The van der Waals surface area contributed by atoms with Gasteiger partial charge in [-0.2, -0.15) is 0 Å². The number of rotatable bonds is 6. The lowest BCUT2D eigenvalue weighted by Crippen LogP contribution is -2.22. The van der Waals surface area contributed by atoms with Gasteiger partial charge in [0.15, 0.2) is 0 Å². The van der Waals surface area contributed by atoms with E-state index in [0.29, 0.717) is 13.0 Å². The lowest BCUT2D eigenvalue weighted by Gasteiger charge is -2.03. The van der Waals surface area contributed by atoms with Crippen LogP contribution >= 0.6 is 34.7 Å². The number of carbonyl (C=O) groups is 1. The number of nitrogens with one attached hydrogen (secondary N) is 1. The highest BCUT2D eigenvalue weighted by atomic mass is 35.5. The van der Waals surface area contributed by atoms with E-state index in [0.717, 1.165) is 30.9 Å². The largest absolute Gasteiger partial charge is 0.350 e. The highest BCUT2D eigenvalue weighted by molar-refractivity contribution is 7.99. The molecular formula is C17H15ClN2OS2. The topological polar surface area (TPSA) is 42.0 Å². The van der Waals surface area contributed by atoms with Crippen molar-refractivity contribution in [3.63, 3.8) is 0 Å². The van der Waals surface area contributed by atoms with E-state index in [2.05, 4.69) is 10.3 Å². The highest BCUT2D eigenvalue weighted by Gasteiger charge is 2.06. The van der Waals surface area contributed by atoms with E-state index in [1.807, 2.05) is 48.5 Å². The zero-order valence-corrected chi connectivity index (χ0v) is 14.7. The Hall–Kier alpha value is -1.56. The molecular weight excluding hydrogens is 348 g/mol. The molecule has 2 aromatic carbocycles. The molecule has 118 valence electrons. The predicted octanol–water partition coefficient (Wildman–Crippen LogP) is 4.75. The predicted molar refractivity (Wildman–Crippen MR) is 98.3 cm³/mol. The highest BCUT2D eigenvalue weighted by Crippen LogP contribution is 2.22. The molecule has 1 aromatic heterocycles. The van der Waals surface area contributed by atoms with Crippen LogP contribution in [0.25, 0.3) is 10.2 Å². The van der Waals surface area contributed by atoms with Crippen LogP contribution in [0.2, 0.25) is 5.02 Å². The summed E-state index contributed by atoms with van der Waals surface area (Å²) in [5, 5.41) is 4.59. The Balaban J connectivity index is 1.43. The normalized spacial score (nSPS) is 10.8. The second kappa shape index (κ2) is 7.81. The van der Waals surface area contributed by atoms with E-state index in [1.165, 1.54) is 0 Å². The molecule has 0 atom stereocenters. The summed E-state index contributed by atoms with van der Waals surface area (Å²) < 4.78 is 1.15. The number of hydrogen-bond donors (Lipinski definition) is 1. The molecule has 0 aliphatic rings. The minimum absolute atomic E-state index is 0.0470. The molecule has 3 aromatic rings. The van der Waals surface area contributed by atoms with Crippen molar-refractivity contribution in [3.05, 3.63) is 58.6 Å². The van der Waals surface area contributed by atoms with Crippen LogP contribution in [0, 0.1) is 0 Å². The van der Waals surface area contributed by atoms with Crippen LogP contribution in [-0.4, -0.2) is 16.6 Å². The third kappa shape index (κ3) is 4.70. The number of nitrogens with zero attached hydrogens (tertiary/aromatic N) is 1. The summed E-state index contributed by atoms with van der Waals surface area (Å²) >= 11 is 9.11. The number of thiazole rings is 1. The smallest absolute Gasteiger partial charge is 0.221 e. The number of aromatic nitrogens is 1. The fourth-order valence-corrected chi connectivity index (χ4v) is 3.94. The van der Waals surface area contributed by atoms with E-state index >= 15 is 0 Å². The van der Waals surface area contributed by atoms with Gasteiger partial charge in [-0.05, 0) is 36.4 Å². The number of benzene rings is 2. The average molecular weight is 363 g/mol. The second-order valence-corrected chi connectivity index (χ2v) is 7.62. The maximum atomic E-state index is 11.9. The van der Waals surface area contributed by atoms with Crippen molar-refractivity contribution in [3.8, 4) is 0 Å². The molecule has 23 heavy (non-hydrogen) atoms. The van der Waals surface area contributed by atoms with Gasteiger partial charge < -0.3 is 5.32 Å². The number of fused-ring (bicyclic) bond motifs is 1. The fraction of sp³-hybridized carbons (Fsp3) is 0.176. The van der Waals surface area contributed by atoms with Gasteiger partial charge in [0.25, 0.3) is 0 Å². The first-order valence-corrected chi connectivity index (χ1v) is 9.38. The third-order valence-electron chi connectivity index (χ3n) is 3.19. The summed E-state index contributed by atoms with van der Waals surface area (Å²) in [6.45, 7) is 0.490. The number of halogens is 1. The van der Waals surface area contributed by atoms with Gasteiger partial charge >= 0.3 is 0 Å². The Morgan fingerprint density at radius 1 is 1.17 bits per heavy atom. The van der Waals surface area contributed by atoms with Crippen molar-refractivity contribution in [1.82, 2.24) is 10.3 Å². The van der Waals surface area contributed by atoms with Crippen LogP contribution in [-0.2, 0) is 11.3 Å². The van der Waals surface area contributed by atoms with Crippen molar-refractivity contribution in [2.45, 2.75) is 17.9 Å². The minimum Gasteiger partial charge on any atom is -0.350 e. The number of carbonyl (C=O) groups excluding carboxylic acids is 1. The molecule has 6 heteroatoms. The van der Waals surface area contributed by atoms with Crippen LogP contribution in [0.5, 0.6) is 0 Å². The van der Waals surface area contributed by atoms with Gasteiger partial charge in [-0.15, -0.1) is 23.1 Å². The third-order valence-corrected chi connectivity index (χ3v) is 5.49. The molecule has 0 radical (unpaired) electrons. The monoisotopic (exact) mass is 362 g/mol. The Morgan fingerprint density at radius 2 is 1.96 bits per heavy atom. The van der Waals surface area contributed by atoms with Crippen LogP contribution in [0.1, 0.15) is 11.4 Å². The van der Waals surface area contributed by atoms with Gasteiger partial charge in [0.1, 0.15) is 5.01 Å². The van der Waals surface area contributed by atoms with Gasteiger partial charge in [0, 0.05) is 22.1 Å². The molecule has 1 N–H and O–H groups in total. The van der Waals surface area contributed by atoms with E-state index in [4.69, 9.17) is 11.6 Å². The molecule has 0 saturated carbocycles. The summed E-state index contributed by atoms with van der Waals surface area (Å²) in [4.78, 5) is 17.5. The van der Waals surface area contributed by atoms with Gasteiger partial charge in [-0.1, -0.05) is 23.7 Å². The fourth-order valence-electron chi connectivity index (χ4n) is 2.05. The van der Waals surface area contributed by atoms with Crippen molar-refractivity contribution < 1.29 is 4.79 Å². The first-order chi connectivity index (χ1) is 11.2. The lowest BCUT2D eigenvalue weighted by molar-refractivity contribution is -0.120. The molecule has 0 aliphatic heterocycles. The Morgan fingerprint density at radius 3 is 2.74 bits per heavy atom. The molecule has 1 heterocycles. The zero-order chi connectivity index (χ0) is 16.1. The van der Waals surface area contributed by atoms with Crippen molar-refractivity contribution in [2.24, 2.45) is 0 Å². The van der Waals surface area contributed by atoms with E-state index in [1.54, 1.807) is 23.1 Å². The molecule has 1 amide bonds. The van der Waals surface area contributed by atoms with Gasteiger partial charge in [0.2, 0.25) is 5.91 Å². The molecule has 0 fully saturated rings. The summed E-state index contributed by atoms with van der Waals surface area (Å²) in [6, 6.07) is 15.6. The van der Waals surface area contributed by atoms with E-state index in [9.17, 15) is 4.79 Å². The summed E-state index contributed by atoms with van der Waals surface area (Å²) in [5.41, 5.74) is 0.986. The van der Waals surface area contributed by atoms with Crippen LogP contribution in [0.4, 0.5) is 0 Å². The second-order valence-electron chi connectivity index (χ2n) is 4.90. The van der Waals surface area contributed by atoms with E-state index in [-0.39, 0.29) is 5.91 Å². The maximum absolute atomic E-state index is 11.9. The van der Waals surface area contributed by atoms with Gasteiger partial charge in [-0.25, -0.2) is 4.98 Å². The number of thioether (sulfide) groups is 1. The van der Waals surface area contributed by atoms with Crippen LogP contribution < -0.4 is 5.32 Å². The molecule has 0 aliphatic carbocycles. The number of hydrogen-bond acceptors (Lipinski definition) is 4. The maximum Gasteiger partial charge on any atom is 0.221 e. The summed E-state index contributed by atoms with van der Waals surface area (Å²) in [6.07, 6.45) is 0.484. The van der Waals surface area contributed by atoms with Crippen molar-refractivity contribution >= 4 is 50.8 Å². The summed E-state index contributed by atoms with van der Waals surface area (Å²) in [5.74, 6) is 0.790. The molecule has 3 rings (SSSR count). The number of amides is 1. The van der Waals surface area contributed by atoms with E-state index < -0.39 is 0 Å². The average Bonchev–Trinajstić information content (AvgIpc) is 2.98. The first-order valence-electron chi connectivity index (χ1n) is 7.20. The standard InChI is InChI=1S/C17H15ClN2OS2/c18-12-5-7-13(8-6-12)22-10-9-16(21)19-11-17-20-14-3-1-2-4-15(14)23-17/h1-8H,9-11H2,(H,19,21). The van der Waals surface area contributed by atoms with Crippen molar-refractivity contribution in [2.75, 3.05) is 5.75 Å². The zero-order valence-electron chi connectivity index (χ0n) is 12.3. The molecule has 0 saturated heterocycles. The van der Waals surface area contributed by atoms with Gasteiger partial charge in [0.05, 0.1) is 16.8 Å². The SMILES string of the molecule is O=C(CCSc1ccc(Cl)cc1)NCc1nc2ccccc2s1. The van der Waals surface area contributed by atoms with Crippen LogP contribution in [0.15, 0.2) is 53.4 Å². The minimum atomic E-state index is 0.0470.